The number of nitrogens with one attached hydrogen (secondary N) is 1. The molecular weight excluding hydrogens is 358 g/mol. The van der Waals surface area contributed by atoms with Crippen molar-refractivity contribution in [3.8, 4) is 0 Å². The Morgan fingerprint density at radius 2 is 1.85 bits per heavy atom. The molecule has 0 bridgehead atoms. The topological polar surface area (TPSA) is 51.1 Å². The molecule has 7 heteroatoms. The average molecular weight is 370 g/mol. The van der Waals surface area contributed by atoms with Gasteiger partial charge in [-0.25, -0.2) is 8.78 Å². The zero-order valence-corrected chi connectivity index (χ0v) is 14.4. The Kier molecular flexibility index (Phi) is 3.81. The van der Waals surface area contributed by atoms with Gasteiger partial charge in [-0.1, -0.05) is 18.2 Å². The molecular formula is C19H12F2N2O2S. The predicted molar refractivity (Wildman–Crippen MR) is 98.9 cm³/mol. The minimum atomic E-state index is -0.860. The summed E-state index contributed by atoms with van der Waals surface area (Å²) in [6.45, 7) is 0. The predicted octanol–water partition coefficient (Wildman–Crippen LogP) is 4.28. The van der Waals surface area contributed by atoms with Crippen molar-refractivity contribution in [3.05, 3.63) is 75.4 Å². The molecule has 1 N–H and O–H groups in total. The number of carbonyl (C=O) groups is 1. The Bertz CT molecular complexity index is 1240. The minimum Gasteiger partial charge on any atom is -0.319 e. The number of para-hydroxylation sites is 1. The van der Waals surface area contributed by atoms with Crippen molar-refractivity contribution in [2.24, 2.45) is 7.05 Å². The summed E-state index contributed by atoms with van der Waals surface area (Å²) in [5.41, 5.74) is 0.442. The second-order valence-corrected chi connectivity index (χ2v) is 6.87. The van der Waals surface area contributed by atoms with E-state index >= 15 is 0 Å². The van der Waals surface area contributed by atoms with Gasteiger partial charge in [-0.05, 0) is 24.3 Å². The highest BCUT2D eigenvalue weighted by atomic mass is 32.1. The van der Waals surface area contributed by atoms with Crippen molar-refractivity contribution in [1.29, 1.82) is 0 Å². The third kappa shape index (κ3) is 2.57. The van der Waals surface area contributed by atoms with Gasteiger partial charge < -0.3 is 9.88 Å². The van der Waals surface area contributed by atoms with Gasteiger partial charge in [0.25, 0.3) is 11.5 Å². The monoisotopic (exact) mass is 370 g/mol. The molecule has 2 aromatic heterocycles. The van der Waals surface area contributed by atoms with E-state index in [2.05, 4.69) is 5.32 Å². The number of anilines is 1. The van der Waals surface area contributed by atoms with Gasteiger partial charge in [0.15, 0.2) is 0 Å². The highest BCUT2D eigenvalue weighted by molar-refractivity contribution is 7.21. The van der Waals surface area contributed by atoms with Crippen LogP contribution in [0.25, 0.3) is 21.0 Å². The number of carbonyl (C=O) groups excluding carboxylic acids is 1. The first-order valence-electron chi connectivity index (χ1n) is 7.73. The number of aromatic nitrogens is 1. The second-order valence-electron chi connectivity index (χ2n) is 5.81. The van der Waals surface area contributed by atoms with Gasteiger partial charge in [-0.2, -0.15) is 0 Å². The lowest BCUT2D eigenvalue weighted by Gasteiger charge is -2.05. The number of nitrogens with zero attached hydrogens (tertiary/aromatic N) is 1. The van der Waals surface area contributed by atoms with Crippen LogP contribution in [0.5, 0.6) is 0 Å². The van der Waals surface area contributed by atoms with Crippen LogP contribution in [0.2, 0.25) is 0 Å². The van der Waals surface area contributed by atoms with E-state index in [-0.39, 0.29) is 16.1 Å². The molecule has 0 unspecified atom stereocenters. The SMILES string of the molecule is Cn1c(=O)c2cc(C(=O)Nc3ccc(F)cc3F)sc2c2ccccc21. The van der Waals surface area contributed by atoms with E-state index in [9.17, 15) is 18.4 Å². The zero-order chi connectivity index (χ0) is 18.4. The van der Waals surface area contributed by atoms with E-state index in [4.69, 9.17) is 0 Å². The van der Waals surface area contributed by atoms with E-state index in [1.807, 2.05) is 24.3 Å². The molecule has 0 aliphatic heterocycles. The molecule has 0 aliphatic carbocycles. The van der Waals surface area contributed by atoms with Crippen LogP contribution in [0.1, 0.15) is 9.67 Å². The molecule has 0 fully saturated rings. The first-order chi connectivity index (χ1) is 12.5. The molecule has 26 heavy (non-hydrogen) atoms. The normalized spacial score (nSPS) is 11.2. The van der Waals surface area contributed by atoms with E-state index < -0.39 is 17.5 Å². The fraction of sp³-hybridized carbons (Fsp3) is 0.0526. The van der Waals surface area contributed by atoms with Gasteiger partial charge in [0.2, 0.25) is 0 Å². The molecule has 2 aromatic carbocycles. The molecule has 2 heterocycles. The minimum absolute atomic E-state index is 0.119. The lowest BCUT2D eigenvalue weighted by Crippen LogP contribution is -2.16. The van der Waals surface area contributed by atoms with Crippen molar-refractivity contribution in [2.45, 2.75) is 0 Å². The summed E-state index contributed by atoms with van der Waals surface area (Å²) < 4.78 is 29.0. The Morgan fingerprint density at radius 1 is 1.08 bits per heavy atom. The average Bonchev–Trinajstić information content (AvgIpc) is 3.08. The maximum atomic E-state index is 13.8. The Morgan fingerprint density at radius 3 is 2.62 bits per heavy atom. The molecule has 4 rings (SSSR count). The molecule has 0 saturated carbocycles. The smallest absolute Gasteiger partial charge is 0.265 e. The van der Waals surface area contributed by atoms with Crippen LogP contribution in [0.15, 0.2) is 53.3 Å². The molecule has 1 amide bonds. The summed E-state index contributed by atoms with van der Waals surface area (Å²) in [5, 5.41) is 3.71. The van der Waals surface area contributed by atoms with Crippen molar-refractivity contribution in [2.75, 3.05) is 5.32 Å². The van der Waals surface area contributed by atoms with Crippen LogP contribution in [0.4, 0.5) is 14.5 Å². The van der Waals surface area contributed by atoms with Crippen LogP contribution in [0.3, 0.4) is 0 Å². The van der Waals surface area contributed by atoms with Gasteiger partial charge in [0.05, 0.1) is 21.5 Å². The van der Waals surface area contributed by atoms with Gasteiger partial charge in [-0.15, -0.1) is 11.3 Å². The molecule has 0 spiro atoms. The molecule has 130 valence electrons. The van der Waals surface area contributed by atoms with Gasteiger partial charge in [0, 0.05) is 23.2 Å². The van der Waals surface area contributed by atoms with E-state index in [1.54, 1.807) is 7.05 Å². The maximum Gasteiger partial charge on any atom is 0.265 e. The van der Waals surface area contributed by atoms with Crippen LogP contribution < -0.4 is 10.9 Å². The van der Waals surface area contributed by atoms with Gasteiger partial charge in [0.1, 0.15) is 11.6 Å². The molecule has 4 nitrogen and oxygen atoms in total. The lowest BCUT2D eigenvalue weighted by molar-refractivity contribution is 0.103. The Labute approximate surface area is 150 Å². The number of benzene rings is 2. The number of rotatable bonds is 2. The number of fused-ring (bicyclic) bond motifs is 3. The fourth-order valence-corrected chi connectivity index (χ4v) is 3.96. The summed E-state index contributed by atoms with van der Waals surface area (Å²) >= 11 is 1.16. The van der Waals surface area contributed by atoms with E-state index in [1.165, 1.54) is 10.6 Å². The van der Waals surface area contributed by atoms with E-state index in [0.29, 0.717) is 16.2 Å². The molecule has 4 aromatic rings. The molecule has 0 saturated heterocycles. The molecule has 0 aliphatic rings. The number of amides is 1. The van der Waals surface area contributed by atoms with Gasteiger partial charge >= 0.3 is 0 Å². The summed E-state index contributed by atoms with van der Waals surface area (Å²) in [6, 6.07) is 11.8. The molecule has 0 radical (unpaired) electrons. The molecule has 0 atom stereocenters. The van der Waals surface area contributed by atoms with Crippen LogP contribution in [0, 0.1) is 11.6 Å². The summed E-state index contributed by atoms with van der Waals surface area (Å²) in [5.74, 6) is -2.14. The second kappa shape index (κ2) is 6.03. The quantitative estimate of drug-likeness (QED) is 0.572. The van der Waals surface area contributed by atoms with Crippen LogP contribution >= 0.6 is 11.3 Å². The standard InChI is InChI=1S/C19H12F2N2O2S/c1-23-15-5-3-2-4-11(15)17-12(19(23)25)9-16(26-17)18(24)22-14-7-6-10(20)8-13(14)21/h2-9H,1H3,(H,22,24). The summed E-state index contributed by atoms with van der Waals surface area (Å²) in [4.78, 5) is 25.3. The third-order valence-corrected chi connectivity index (χ3v) is 5.35. The number of aryl methyl sites for hydroxylation is 1. The highest BCUT2D eigenvalue weighted by Crippen LogP contribution is 2.30. The van der Waals surface area contributed by atoms with Crippen molar-refractivity contribution in [3.63, 3.8) is 0 Å². The lowest BCUT2D eigenvalue weighted by atomic mass is 10.2. The Hall–Kier alpha value is -3.06. The first-order valence-corrected chi connectivity index (χ1v) is 8.55. The van der Waals surface area contributed by atoms with Crippen molar-refractivity contribution in [1.82, 2.24) is 4.57 Å². The number of pyridine rings is 1. The highest BCUT2D eigenvalue weighted by Gasteiger charge is 2.17. The summed E-state index contributed by atoms with van der Waals surface area (Å²) in [6.07, 6.45) is 0. The van der Waals surface area contributed by atoms with Crippen molar-refractivity contribution >= 4 is 43.9 Å². The van der Waals surface area contributed by atoms with Crippen molar-refractivity contribution < 1.29 is 13.6 Å². The fourth-order valence-electron chi connectivity index (χ4n) is 2.88. The maximum absolute atomic E-state index is 13.8. The number of hydrogen-bond donors (Lipinski definition) is 1. The first kappa shape index (κ1) is 16.4. The summed E-state index contributed by atoms with van der Waals surface area (Å²) in [7, 11) is 1.68. The van der Waals surface area contributed by atoms with E-state index in [0.717, 1.165) is 34.4 Å². The number of hydrogen-bond acceptors (Lipinski definition) is 3. The van der Waals surface area contributed by atoms with Crippen LogP contribution in [-0.4, -0.2) is 10.5 Å². The van der Waals surface area contributed by atoms with Gasteiger partial charge in [-0.3, -0.25) is 9.59 Å². The Balaban J connectivity index is 1.82. The largest absolute Gasteiger partial charge is 0.319 e. The number of halogens is 2. The number of thiophene rings is 1. The van der Waals surface area contributed by atoms with Crippen LogP contribution in [-0.2, 0) is 7.05 Å². The zero-order valence-electron chi connectivity index (χ0n) is 13.5. The third-order valence-electron chi connectivity index (χ3n) is 4.18.